The van der Waals surface area contributed by atoms with Crippen molar-refractivity contribution in [1.29, 1.82) is 0 Å². The third-order valence-electron chi connectivity index (χ3n) is 2.62. The number of rotatable bonds is 1. The van der Waals surface area contributed by atoms with E-state index in [-0.39, 0.29) is 0 Å². The normalized spacial score (nSPS) is 33.4. The molecule has 2 bridgehead atoms. The molecule has 0 aromatic carbocycles. The first kappa shape index (κ1) is 4.60. The molecule has 1 saturated carbocycles. The monoisotopic (exact) mass is 108 g/mol. The summed E-state index contributed by atoms with van der Waals surface area (Å²) in [5, 5.41) is 0. The first-order valence-corrected chi connectivity index (χ1v) is 3.62. The molecule has 0 aromatic rings. The van der Waals surface area contributed by atoms with Crippen LogP contribution in [0, 0.1) is 5.92 Å². The van der Waals surface area contributed by atoms with Crippen molar-refractivity contribution in [3.05, 3.63) is 11.1 Å². The van der Waals surface area contributed by atoms with Crippen LogP contribution in [0.25, 0.3) is 0 Å². The van der Waals surface area contributed by atoms with Crippen molar-refractivity contribution in [2.75, 3.05) is 0 Å². The molecule has 1 atom stereocenters. The number of hydrogen-bond donors (Lipinski definition) is 0. The average Bonchev–Trinajstić information content (AvgIpc) is 2.19. The maximum absolute atomic E-state index is 2.28. The zero-order valence-electron chi connectivity index (χ0n) is 5.41. The van der Waals surface area contributed by atoms with Crippen LogP contribution >= 0.6 is 0 Å². The van der Waals surface area contributed by atoms with Crippen molar-refractivity contribution in [1.82, 2.24) is 0 Å². The minimum atomic E-state index is 1.05. The molecule has 3 aliphatic rings. The maximum Gasteiger partial charge on any atom is -0.0160 e. The molecule has 0 saturated heterocycles. The van der Waals surface area contributed by atoms with Gasteiger partial charge in [-0.1, -0.05) is 18.1 Å². The van der Waals surface area contributed by atoms with Crippen molar-refractivity contribution in [2.45, 2.75) is 32.6 Å². The van der Waals surface area contributed by atoms with E-state index in [0.29, 0.717) is 0 Å². The van der Waals surface area contributed by atoms with Gasteiger partial charge in [-0.2, -0.15) is 0 Å². The van der Waals surface area contributed by atoms with Gasteiger partial charge in [0.2, 0.25) is 0 Å². The van der Waals surface area contributed by atoms with Crippen LogP contribution in [0.1, 0.15) is 32.6 Å². The highest BCUT2D eigenvalue weighted by molar-refractivity contribution is 5.33. The molecule has 44 valence electrons. The van der Waals surface area contributed by atoms with Crippen LogP contribution in [-0.2, 0) is 0 Å². The van der Waals surface area contributed by atoms with Crippen molar-refractivity contribution in [2.24, 2.45) is 5.92 Å². The Kier molecular flexibility index (Phi) is 0.787. The lowest BCUT2D eigenvalue weighted by Crippen LogP contribution is -2.06. The Morgan fingerprint density at radius 2 is 2.50 bits per heavy atom. The lowest BCUT2D eigenvalue weighted by Gasteiger charge is -2.21. The van der Waals surface area contributed by atoms with Gasteiger partial charge in [-0.05, 0) is 31.6 Å². The number of allylic oxidation sites excluding steroid dienone is 2. The number of fused-ring (bicyclic) bond motifs is 1. The molecule has 0 heterocycles. The van der Waals surface area contributed by atoms with Gasteiger partial charge in [0.05, 0.1) is 0 Å². The van der Waals surface area contributed by atoms with Crippen LogP contribution in [0.4, 0.5) is 0 Å². The Morgan fingerprint density at radius 1 is 1.62 bits per heavy atom. The summed E-state index contributed by atoms with van der Waals surface area (Å²) in [6, 6.07) is 0. The van der Waals surface area contributed by atoms with Gasteiger partial charge in [-0.3, -0.25) is 0 Å². The van der Waals surface area contributed by atoms with E-state index < -0.39 is 0 Å². The van der Waals surface area contributed by atoms with Crippen LogP contribution in [0.3, 0.4) is 0 Å². The molecule has 0 heteroatoms. The second kappa shape index (κ2) is 1.37. The van der Waals surface area contributed by atoms with Crippen LogP contribution in [-0.4, -0.2) is 0 Å². The van der Waals surface area contributed by atoms with Crippen LogP contribution in [0.2, 0.25) is 0 Å². The summed E-state index contributed by atoms with van der Waals surface area (Å²) in [5.41, 5.74) is 3.61. The van der Waals surface area contributed by atoms with Crippen molar-refractivity contribution in [3.8, 4) is 0 Å². The largest absolute Gasteiger partial charge is 0.0701 e. The van der Waals surface area contributed by atoms with Crippen LogP contribution in [0.15, 0.2) is 11.1 Å². The van der Waals surface area contributed by atoms with Crippen LogP contribution in [0.5, 0.6) is 0 Å². The van der Waals surface area contributed by atoms with E-state index in [1.54, 1.807) is 5.57 Å². The minimum Gasteiger partial charge on any atom is -0.0701 e. The van der Waals surface area contributed by atoms with Crippen LogP contribution < -0.4 is 0 Å². The van der Waals surface area contributed by atoms with Gasteiger partial charge < -0.3 is 0 Å². The molecular weight excluding hydrogens is 96.1 g/mol. The van der Waals surface area contributed by atoms with E-state index in [9.17, 15) is 0 Å². The summed E-state index contributed by atoms with van der Waals surface area (Å²) in [5.74, 6) is 1.05. The predicted octanol–water partition coefficient (Wildman–Crippen LogP) is 2.51. The molecule has 0 radical (unpaired) electrons. The molecular formula is C8H12. The fraction of sp³-hybridized carbons (Fsp3) is 0.750. The Labute approximate surface area is 50.6 Å². The Bertz CT molecular complexity index is 138. The Hall–Kier alpha value is -0.260. The molecule has 3 rings (SSSR count). The average molecular weight is 108 g/mol. The maximum atomic E-state index is 2.28. The van der Waals surface area contributed by atoms with Crippen molar-refractivity contribution in [3.63, 3.8) is 0 Å². The lowest BCUT2D eigenvalue weighted by atomic mass is 9.84. The lowest BCUT2D eigenvalue weighted by molar-refractivity contribution is 0.590. The summed E-state index contributed by atoms with van der Waals surface area (Å²) in [6.07, 6.45) is 5.72. The third-order valence-corrected chi connectivity index (χ3v) is 2.62. The van der Waals surface area contributed by atoms with E-state index in [1.807, 2.05) is 5.57 Å². The molecule has 0 nitrogen and oxygen atoms in total. The SMILES string of the molecule is CCC1=C2CC[C@@H]1C2. The van der Waals surface area contributed by atoms with Gasteiger partial charge in [-0.15, -0.1) is 0 Å². The molecule has 3 aliphatic carbocycles. The molecule has 0 spiro atoms. The fourth-order valence-corrected chi connectivity index (χ4v) is 2.14. The third kappa shape index (κ3) is 0.367. The molecule has 0 aliphatic heterocycles. The molecule has 0 unspecified atom stereocenters. The van der Waals surface area contributed by atoms with Gasteiger partial charge in [0.1, 0.15) is 0 Å². The Balaban J connectivity index is 2.24. The summed E-state index contributed by atoms with van der Waals surface area (Å²) < 4.78 is 0. The fourth-order valence-electron chi connectivity index (χ4n) is 2.14. The van der Waals surface area contributed by atoms with Crippen molar-refractivity contribution >= 4 is 0 Å². The number of hydrogen-bond acceptors (Lipinski definition) is 0. The first-order valence-electron chi connectivity index (χ1n) is 3.62. The summed E-state index contributed by atoms with van der Waals surface area (Å²) in [4.78, 5) is 0. The summed E-state index contributed by atoms with van der Waals surface area (Å²) in [7, 11) is 0. The van der Waals surface area contributed by atoms with Gasteiger partial charge in [0, 0.05) is 0 Å². The molecule has 8 heavy (non-hydrogen) atoms. The van der Waals surface area contributed by atoms with E-state index in [4.69, 9.17) is 0 Å². The molecule has 0 aromatic heterocycles. The highest BCUT2D eigenvalue weighted by Gasteiger charge is 2.33. The summed E-state index contributed by atoms with van der Waals surface area (Å²) in [6.45, 7) is 2.28. The highest BCUT2D eigenvalue weighted by atomic mass is 14.4. The highest BCUT2D eigenvalue weighted by Crippen LogP contribution is 2.49. The molecule has 0 N–H and O–H groups in total. The van der Waals surface area contributed by atoms with Crippen molar-refractivity contribution < 1.29 is 0 Å². The zero-order valence-corrected chi connectivity index (χ0v) is 5.41. The standard InChI is InChI=1S/C8H12/c1-2-8-6-3-4-7(8)5-6/h6H,2-5H2,1H3/t6-/m1/s1. The summed E-state index contributed by atoms with van der Waals surface area (Å²) >= 11 is 0. The second-order valence-corrected chi connectivity index (χ2v) is 2.92. The zero-order chi connectivity index (χ0) is 5.56. The van der Waals surface area contributed by atoms with Gasteiger partial charge in [-0.25, -0.2) is 0 Å². The van der Waals surface area contributed by atoms with E-state index in [0.717, 1.165) is 5.92 Å². The molecule has 1 fully saturated rings. The molecule has 0 amide bonds. The first-order chi connectivity index (χ1) is 3.92. The minimum absolute atomic E-state index is 1.05. The van der Waals surface area contributed by atoms with E-state index in [2.05, 4.69) is 6.92 Å². The second-order valence-electron chi connectivity index (χ2n) is 2.92. The van der Waals surface area contributed by atoms with Gasteiger partial charge in [0.15, 0.2) is 0 Å². The van der Waals surface area contributed by atoms with Gasteiger partial charge >= 0.3 is 0 Å². The quantitative estimate of drug-likeness (QED) is 0.453. The van der Waals surface area contributed by atoms with Gasteiger partial charge in [0.25, 0.3) is 0 Å². The topological polar surface area (TPSA) is 0 Å². The predicted molar refractivity (Wildman–Crippen MR) is 34.7 cm³/mol. The van der Waals surface area contributed by atoms with E-state index in [1.165, 1.54) is 25.7 Å². The Morgan fingerprint density at radius 3 is 2.75 bits per heavy atom. The van der Waals surface area contributed by atoms with E-state index >= 15 is 0 Å². The smallest absolute Gasteiger partial charge is 0.0160 e.